The van der Waals surface area contributed by atoms with E-state index in [0.29, 0.717) is 30.3 Å². The lowest BCUT2D eigenvalue weighted by Crippen LogP contribution is -2.04. The zero-order chi connectivity index (χ0) is 12.3. The molecule has 0 fully saturated rings. The normalized spacial score (nSPS) is 11.1. The molecule has 0 aliphatic rings. The standard InChI is InChI=1S/C10H16N6O/c1-7(2)16-5-4-8(15-16)12-10-14-13-9(17-10)6-11-3/h4-5,7,11H,6H2,1-3H3,(H,12,14,15). The predicted molar refractivity (Wildman–Crippen MR) is 63.0 cm³/mol. The molecule has 0 atom stereocenters. The fourth-order valence-electron chi connectivity index (χ4n) is 1.33. The Bertz CT molecular complexity index is 475. The van der Waals surface area contributed by atoms with Crippen molar-refractivity contribution in [3.63, 3.8) is 0 Å². The summed E-state index contributed by atoms with van der Waals surface area (Å²) >= 11 is 0. The molecule has 0 spiro atoms. The minimum absolute atomic E-state index is 0.327. The number of rotatable bonds is 5. The van der Waals surface area contributed by atoms with Gasteiger partial charge in [0.05, 0.1) is 6.54 Å². The van der Waals surface area contributed by atoms with Gasteiger partial charge in [-0.05, 0) is 20.9 Å². The molecular weight excluding hydrogens is 220 g/mol. The van der Waals surface area contributed by atoms with Gasteiger partial charge in [0, 0.05) is 18.3 Å². The number of anilines is 2. The summed E-state index contributed by atoms with van der Waals surface area (Å²) in [4.78, 5) is 0. The van der Waals surface area contributed by atoms with E-state index < -0.39 is 0 Å². The van der Waals surface area contributed by atoms with Crippen LogP contribution in [0.3, 0.4) is 0 Å². The second-order valence-electron chi connectivity index (χ2n) is 3.93. The molecule has 0 bridgehead atoms. The number of nitrogens with one attached hydrogen (secondary N) is 2. The molecule has 2 heterocycles. The molecule has 0 saturated heterocycles. The largest absolute Gasteiger partial charge is 0.406 e. The Morgan fingerprint density at radius 3 is 2.88 bits per heavy atom. The average Bonchev–Trinajstić information content (AvgIpc) is 2.89. The summed E-state index contributed by atoms with van der Waals surface area (Å²) in [5.74, 6) is 1.23. The number of hydrogen-bond acceptors (Lipinski definition) is 6. The summed E-state index contributed by atoms with van der Waals surface area (Å²) in [5, 5.41) is 18.0. The van der Waals surface area contributed by atoms with Gasteiger partial charge in [0.25, 0.3) is 0 Å². The summed E-state index contributed by atoms with van der Waals surface area (Å²) in [6.07, 6.45) is 1.90. The predicted octanol–water partition coefficient (Wildman–Crippen LogP) is 1.31. The van der Waals surface area contributed by atoms with Crippen molar-refractivity contribution in [3.05, 3.63) is 18.2 Å². The minimum Gasteiger partial charge on any atom is -0.406 e. The van der Waals surface area contributed by atoms with Gasteiger partial charge in [0.2, 0.25) is 5.89 Å². The molecule has 2 rings (SSSR count). The Morgan fingerprint density at radius 2 is 2.24 bits per heavy atom. The van der Waals surface area contributed by atoms with Crippen molar-refractivity contribution in [1.82, 2.24) is 25.3 Å². The highest BCUT2D eigenvalue weighted by molar-refractivity contribution is 5.44. The second-order valence-corrected chi connectivity index (χ2v) is 3.93. The van der Waals surface area contributed by atoms with Crippen molar-refractivity contribution >= 4 is 11.8 Å². The topological polar surface area (TPSA) is 80.8 Å². The highest BCUT2D eigenvalue weighted by Crippen LogP contribution is 2.14. The van der Waals surface area contributed by atoms with E-state index in [9.17, 15) is 0 Å². The molecule has 2 aromatic heterocycles. The first kappa shape index (κ1) is 11.6. The van der Waals surface area contributed by atoms with Gasteiger partial charge in [-0.2, -0.15) is 5.10 Å². The van der Waals surface area contributed by atoms with Crippen LogP contribution in [-0.4, -0.2) is 27.0 Å². The van der Waals surface area contributed by atoms with Crippen molar-refractivity contribution in [2.75, 3.05) is 12.4 Å². The van der Waals surface area contributed by atoms with Gasteiger partial charge in [-0.1, -0.05) is 5.10 Å². The molecule has 0 aromatic carbocycles. The van der Waals surface area contributed by atoms with Crippen molar-refractivity contribution < 1.29 is 4.42 Å². The van der Waals surface area contributed by atoms with Gasteiger partial charge in [-0.15, -0.1) is 5.10 Å². The van der Waals surface area contributed by atoms with Gasteiger partial charge < -0.3 is 9.73 Å². The molecule has 0 unspecified atom stereocenters. The summed E-state index contributed by atoms with van der Waals surface area (Å²) < 4.78 is 7.21. The molecule has 2 aromatic rings. The summed E-state index contributed by atoms with van der Waals surface area (Å²) in [5.41, 5.74) is 0. The van der Waals surface area contributed by atoms with Crippen LogP contribution in [0.25, 0.3) is 0 Å². The van der Waals surface area contributed by atoms with E-state index in [2.05, 4.69) is 39.8 Å². The third kappa shape index (κ3) is 2.82. The molecule has 2 N–H and O–H groups in total. The Labute approximate surface area is 99.2 Å². The van der Waals surface area contributed by atoms with E-state index in [1.54, 1.807) is 0 Å². The first-order valence-corrected chi connectivity index (χ1v) is 5.48. The Morgan fingerprint density at radius 1 is 1.41 bits per heavy atom. The average molecular weight is 236 g/mol. The zero-order valence-corrected chi connectivity index (χ0v) is 10.1. The zero-order valence-electron chi connectivity index (χ0n) is 10.1. The van der Waals surface area contributed by atoms with Crippen LogP contribution in [0.15, 0.2) is 16.7 Å². The quantitative estimate of drug-likeness (QED) is 0.814. The molecule has 0 saturated carbocycles. The Balaban J connectivity index is 2.03. The van der Waals surface area contributed by atoms with E-state index in [1.807, 2.05) is 24.0 Å². The molecule has 7 heteroatoms. The van der Waals surface area contributed by atoms with Gasteiger partial charge in [0.1, 0.15) is 0 Å². The number of nitrogens with zero attached hydrogens (tertiary/aromatic N) is 4. The van der Waals surface area contributed by atoms with Gasteiger partial charge in [0.15, 0.2) is 5.82 Å². The van der Waals surface area contributed by atoms with Crippen LogP contribution in [0.5, 0.6) is 0 Å². The maximum absolute atomic E-state index is 5.35. The van der Waals surface area contributed by atoms with Crippen molar-refractivity contribution in [2.45, 2.75) is 26.4 Å². The van der Waals surface area contributed by atoms with E-state index in [1.165, 1.54) is 0 Å². The van der Waals surface area contributed by atoms with Crippen LogP contribution in [-0.2, 0) is 6.54 Å². The maximum Gasteiger partial charge on any atom is 0.321 e. The lowest BCUT2D eigenvalue weighted by molar-refractivity contribution is 0.491. The van der Waals surface area contributed by atoms with Crippen LogP contribution in [0.2, 0.25) is 0 Å². The van der Waals surface area contributed by atoms with Crippen LogP contribution >= 0.6 is 0 Å². The van der Waals surface area contributed by atoms with Crippen LogP contribution in [0.4, 0.5) is 11.8 Å². The fraction of sp³-hybridized carbons (Fsp3) is 0.500. The van der Waals surface area contributed by atoms with Crippen LogP contribution < -0.4 is 10.6 Å². The lowest BCUT2D eigenvalue weighted by Gasteiger charge is -2.03. The smallest absolute Gasteiger partial charge is 0.321 e. The number of aromatic nitrogens is 4. The van der Waals surface area contributed by atoms with E-state index in [0.717, 1.165) is 0 Å². The minimum atomic E-state index is 0.327. The Hall–Kier alpha value is -1.89. The van der Waals surface area contributed by atoms with Gasteiger partial charge >= 0.3 is 6.01 Å². The van der Waals surface area contributed by atoms with Crippen LogP contribution in [0, 0.1) is 0 Å². The SMILES string of the molecule is CNCc1nnc(Nc2ccn(C(C)C)n2)o1. The first-order valence-electron chi connectivity index (χ1n) is 5.48. The van der Waals surface area contributed by atoms with Crippen molar-refractivity contribution in [2.24, 2.45) is 0 Å². The van der Waals surface area contributed by atoms with Gasteiger partial charge in [-0.25, -0.2) is 0 Å². The summed E-state index contributed by atoms with van der Waals surface area (Å²) in [6, 6.07) is 2.54. The van der Waals surface area contributed by atoms with E-state index in [-0.39, 0.29) is 0 Å². The third-order valence-corrected chi connectivity index (χ3v) is 2.17. The third-order valence-electron chi connectivity index (χ3n) is 2.17. The highest BCUT2D eigenvalue weighted by atomic mass is 16.4. The molecule has 0 amide bonds. The number of hydrogen-bond donors (Lipinski definition) is 2. The monoisotopic (exact) mass is 236 g/mol. The van der Waals surface area contributed by atoms with Crippen molar-refractivity contribution in [1.29, 1.82) is 0 Å². The molecule has 0 aliphatic heterocycles. The van der Waals surface area contributed by atoms with E-state index >= 15 is 0 Å². The summed E-state index contributed by atoms with van der Waals surface area (Å²) in [6.45, 7) is 4.68. The first-order chi connectivity index (χ1) is 8.19. The lowest BCUT2D eigenvalue weighted by atomic mass is 10.4. The molecule has 0 aliphatic carbocycles. The summed E-state index contributed by atoms with van der Waals surface area (Å²) in [7, 11) is 1.82. The second kappa shape index (κ2) is 4.96. The molecule has 0 radical (unpaired) electrons. The fourth-order valence-corrected chi connectivity index (χ4v) is 1.33. The van der Waals surface area contributed by atoms with E-state index in [4.69, 9.17) is 4.42 Å². The molecule has 92 valence electrons. The molecular formula is C10H16N6O. The Kier molecular flexibility index (Phi) is 3.38. The molecule has 7 nitrogen and oxygen atoms in total. The van der Waals surface area contributed by atoms with Crippen molar-refractivity contribution in [3.8, 4) is 0 Å². The van der Waals surface area contributed by atoms with Crippen LogP contribution in [0.1, 0.15) is 25.8 Å². The van der Waals surface area contributed by atoms with Gasteiger partial charge in [-0.3, -0.25) is 10.00 Å². The maximum atomic E-state index is 5.35. The molecule has 17 heavy (non-hydrogen) atoms. The highest BCUT2D eigenvalue weighted by Gasteiger charge is 2.07.